The smallest absolute Gasteiger partial charge is 0.219 e. The minimum Gasteiger partial charge on any atom is -0.495 e. The number of methoxy groups -OCH3 is 1. The molecule has 1 N–H and O–H groups in total. The van der Waals surface area contributed by atoms with Crippen molar-refractivity contribution in [2.45, 2.75) is 20.3 Å². The van der Waals surface area contributed by atoms with Crippen LogP contribution in [-0.2, 0) is 6.42 Å². The zero-order valence-electron chi connectivity index (χ0n) is 21.2. The van der Waals surface area contributed by atoms with Crippen molar-refractivity contribution in [3.63, 3.8) is 0 Å². The molecule has 0 aliphatic carbocycles. The molecule has 39 heavy (non-hydrogen) atoms. The van der Waals surface area contributed by atoms with Crippen molar-refractivity contribution in [3.8, 4) is 28.4 Å². The van der Waals surface area contributed by atoms with E-state index in [-0.39, 0.29) is 23.4 Å². The first-order valence-electron chi connectivity index (χ1n) is 11.9. The summed E-state index contributed by atoms with van der Waals surface area (Å²) < 4.78 is 39.5. The van der Waals surface area contributed by atoms with E-state index in [2.05, 4.69) is 20.2 Å². The summed E-state index contributed by atoms with van der Waals surface area (Å²) in [7, 11) is 1.52. The van der Waals surface area contributed by atoms with Crippen LogP contribution in [0.2, 0.25) is 0 Å². The number of halogens is 2. The molecular formula is C29H22F2N4O4. The summed E-state index contributed by atoms with van der Waals surface area (Å²) >= 11 is 0. The van der Waals surface area contributed by atoms with Crippen LogP contribution in [0.15, 0.2) is 65.7 Å². The normalized spacial score (nSPS) is 11.0. The minimum absolute atomic E-state index is 0.0725. The maximum Gasteiger partial charge on any atom is 0.219 e. The van der Waals surface area contributed by atoms with Crippen LogP contribution in [-0.4, -0.2) is 33.1 Å². The van der Waals surface area contributed by atoms with Crippen molar-refractivity contribution in [2.24, 2.45) is 0 Å². The number of Topliss-reactive ketones (excluding diaryl/α,β-unsaturated/α-hetero) is 1. The Hall–Kier alpha value is -4.99. The highest BCUT2D eigenvalue weighted by atomic mass is 19.1. The molecule has 0 saturated carbocycles. The summed E-state index contributed by atoms with van der Waals surface area (Å²) in [4.78, 5) is 34.8. The zero-order chi connectivity index (χ0) is 27.7. The number of rotatable bonds is 7. The van der Waals surface area contributed by atoms with Crippen LogP contribution in [0.3, 0.4) is 0 Å². The molecule has 5 rings (SSSR count). The predicted molar refractivity (Wildman–Crippen MR) is 140 cm³/mol. The molecule has 0 bridgehead atoms. The lowest BCUT2D eigenvalue weighted by atomic mass is 9.97. The molecular weight excluding hydrogens is 506 g/mol. The van der Waals surface area contributed by atoms with E-state index in [1.54, 1.807) is 26.0 Å². The molecule has 10 heteroatoms. The number of hydrogen-bond acceptors (Lipinski definition) is 7. The molecule has 3 heterocycles. The number of H-pyrrole nitrogens is 1. The Morgan fingerprint density at radius 3 is 2.56 bits per heavy atom. The van der Waals surface area contributed by atoms with Crippen LogP contribution < -0.4 is 14.9 Å². The van der Waals surface area contributed by atoms with Crippen molar-refractivity contribution in [3.05, 3.63) is 105 Å². The fourth-order valence-corrected chi connectivity index (χ4v) is 4.26. The van der Waals surface area contributed by atoms with E-state index in [1.165, 1.54) is 55.9 Å². The zero-order valence-corrected chi connectivity index (χ0v) is 21.2. The van der Waals surface area contributed by atoms with Crippen LogP contribution in [0.1, 0.15) is 27.3 Å². The van der Waals surface area contributed by atoms with Gasteiger partial charge in [0.05, 0.1) is 24.4 Å². The first kappa shape index (κ1) is 25.7. The predicted octanol–water partition coefficient (Wildman–Crippen LogP) is 5.50. The summed E-state index contributed by atoms with van der Waals surface area (Å²) in [5.74, 6) is -0.982. The minimum atomic E-state index is -0.702. The van der Waals surface area contributed by atoms with Crippen LogP contribution in [0.25, 0.3) is 22.2 Å². The second kappa shape index (κ2) is 10.4. The van der Waals surface area contributed by atoms with Gasteiger partial charge in [0, 0.05) is 30.4 Å². The molecule has 0 amide bonds. The van der Waals surface area contributed by atoms with Gasteiger partial charge >= 0.3 is 0 Å². The largest absolute Gasteiger partial charge is 0.495 e. The third-order valence-electron chi connectivity index (χ3n) is 6.21. The number of nitrogens with one attached hydrogen (secondary N) is 1. The number of ketones is 1. The Balaban J connectivity index is 1.40. The molecule has 0 spiro atoms. The fraction of sp³-hybridized carbons (Fsp3) is 0.138. The van der Waals surface area contributed by atoms with E-state index < -0.39 is 22.8 Å². The van der Waals surface area contributed by atoms with Gasteiger partial charge in [-0.2, -0.15) is 5.10 Å². The number of ether oxygens (including phenoxy) is 2. The van der Waals surface area contributed by atoms with Gasteiger partial charge in [-0.3, -0.25) is 19.7 Å². The van der Waals surface area contributed by atoms with Crippen LogP contribution in [0.4, 0.5) is 8.78 Å². The summed E-state index contributed by atoms with van der Waals surface area (Å²) in [5.41, 5.74) is 2.08. The van der Waals surface area contributed by atoms with Crippen molar-refractivity contribution < 1.29 is 23.0 Å². The van der Waals surface area contributed by atoms with Gasteiger partial charge in [-0.15, -0.1) is 0 Å². The summed E-state index contributed by atoms with van der Waals surface area (Å²) in [6.45, 7) is 3.32. The van der Waals surface area contributed by atoms with Crippen LogP contribution in [0.5, 0.6) is 17.2 Å². The Kier molecular flexibility index (Phi) is 6.84. The second-order valence-corrected chi connectivity index (χ2v) is 8.88. The fourth-order valence-electron chi connectivity index (χ4n) is 4.26. The van der Waals surface area contributed by atoms with E-state index >= 15 is 0 Å². The van der Waals surface area contributed by atoms with Crippen molar-refractivity contribution in [1.29, 1.82) is 0 Å². The van der Waals surface area contributed by atoms with Gasteiger partial charge in [0.15, 0.2) is 28.8 Å². The number of hydrogen-bond donors (Lipinski definition) is 1. The SMILES string of the molecule is COc1cnc2c(Oc3ccc(CC(=O)c4n[nH]c(C)c(-c5ccc(F)cc5C)c4=O)cc3F)ccnc2c1. The monoisotopic (exact) mass is 528 g/mol. The molecule has 8 nitrogen and oxygen atoms in total. The standard InChI is InChI=1S/C29H22F2N4O4/c1-15-10-18(30)5-6-20(15)26-16(2)34-35-28(29(26)37)23(36)12-17-4-7-24(21(31)11-17)39-25-8-9-32-22-13-19(38-3)14-33-27(22)25/h4-11,13-14H,12H2,1-3H3,(H,34,37). The van der Waals surface area contributed by atoms with Crippen LogP contribution >= 0.6 is 0 Å². The van der Waals surface area contributed by atoms with Gasteiger partial charge in [0.1, 0.15) is 17.1 Å². The summed E-state index contributed by atoms with van der Waals surface area (Å²) in [6.07, 6.45) is 2.75. The topological polar surface area (TPSA) is 107 Å². The number of carbonyl (C=O) groups excluding carboxylic acids is 1. The van der Waals surface area contributed by atoms with Gasteiger partial charge in [0.25, 0.3) is 0 Å². The average molecular weight is 529 g/mol. The Bertz CT molecular complexity index is 1800. The highest BCUT2D eigenvalue weighted by molar-refractivity contribution is 5.96. The third-order valence-corrected chi connectivity index (χ3v) is 6.21. The number of carbonyl (C=O) groups is 1. The van der Waals surface area contributed by atoms with Gasteiger partial charge in [-0.1, -0.05) is 12.1 Å². The van der Waals surface area contributed by atoms with Gasteiger partial charge in [-0.05, 0) is 54.8 Å². The number of benzene rings is 2. The third kappa shape index (κ3) is 5.08. The number of fused-ring (bicyclic) bond motifs is 1. The molecule has 0 unspecified atom stereocenters. The maximum absolute atomic E-state index is 15.0. The second-order valence-electron chi connectivity index (χ2n) is 8.88. The number of aromatic nitrogens is 4. The molecule has 0 saturated heterocycles. The number of pyridine rings is 2. The molecule has 0 aliphatic heterocycles. The molecule has 2 aromatic carbocycles. The van der Waals surface area contributed by atoms with E-state index in [0.29, 0.717) is 44.9 Å². The van der Waals surface area contributed by atoms with Gasteiger partial charge in [0.2, 0.25) is 5.43 Å². The van der Waals surface area contributed by atoms with Crippen molar-refractivity contribution in [1.82, 2.24) is 20.2 Å². The molecule has 196 valence electrons. The highest BCUT2D eigenvalue weighted by Gasteiger charge is 2.21. The number of nitrogens with zero attached hydrogens (tertiary/aromatic N) is 3. The number of aromatic amines is 1. The van der Waals surface area contributed by atoms with Crippen LogP contribution in [0, 0.1) is 25.5 Å². The Morgan fingerprint density at radius 2 is 1.82 bits per heavy atom. The van der Waals surface area contributed by atoms with E-state index in [1.807, 2.05) is 0 Å². The molecule has 0 fully saturated rings. The first-order chi connectivity index (χ1) is 18.7. The lowest BCUT2D eigenvalue weighted by Crippen LogP contribution is -2.23. The van der Waals surface area contributed by atoms with Crippen molar-refractivity contribution >= 4 is 16.8 Å². The average Bonchev–Trinajstić information content (AvgIpc) is 2.91. The number of aryl methyl sites for hydroxylation is 2. The lowest BCUT2D eigenvalue weighted by Gasteiger charge is -2.11. The Labute approximate surface area is 221 Å². The van der Waals surface area contributed by atoms with E-state index in [4.69, 9.17) is 9.47 Å². The molecule has 3 aromatic heterocycles. The summed E-state index contributed by atoms with van der Waals surface area (Å²) in [6, 6.07) is 11.4. The van der Waals surface area contributed by atoms with Gasteiger partial charge < -0.3 is 9.47 Å². The first-order valence-corrected chi connectivity index (χ1v) is 11.9. The van der Waals surface area contributed by atoms with Crippen molar-refractivity contribution in [2.75, 3.05) is 7.11 Å². The summed E-state index contributed by atoms with van der Waals surface area (Å²) in [5, 5.41) is 6.65. The Morgan fingerprint density at radius 1 is 1.00 bits per heavy atom. The molecule has 0 atom stereocenters. The molecule has 0 radical (unpaired) electrons. The van der Waals surface area contributed by atoms with Gasteiger partial charge in [-0.25, -0.2) is 13.8 Å². The lowest BCUT2D eigenvalue weighted by molar-refractivity contribution is 0.0986. The van der Waals surface area contributed by atoms with E-state index in [0.717, 1.165) is 0 Å². The quantitative estimate of drug-likeness (QED) is 0.278. The maximum atomic E-state index is 15.0. The highest BCUT2D eigenvalue weighted by Crippen LogP contribution is 2.31. The molecule has 5 aromatic rings. The van der Waals surface area contributed by atoms with E-state index in [9.17, 15) is 18.4 Å². The molecule has 0 aliphatic rings.